The highest BCUT2D eigenvalue weighted by Gasteiger charge is 2.31. The highest BCUT2D eigenvalue weighted by molar-refractivity contribution is 5.97. The molecule has 116 valence electrons. The van der Waals surface area contributed by atoms with Crippen molar-refractivity contribution < 1.29 is 13.9 Å². The number of amides is 1. The van der Waals surface area contributed by atoms with E-state index in [9.17, 15) is 9.18 Å². The number of carbonyl (C=O) groups excluding carboxylic acids is 1. The van der Waals surface area contributed by atoms with Gasteiger partial charge in [-0.2, -0.15) is 0 Å². The molecule has 1 fully saturated rings. The number of ether oxygens (including phenoxy) is 1. The Kier molecular flexibility index (Phi) is 4.80. The molecule has 6 heteroatoms. The summed E-state index contributed by atoms with van der Waals surface area (Å²) in [6.45, 7) is 7.18. The molecule has 21 heavy (non-hydrogen) atoms. The van der Waals surface area contributed by atoms with Crippen molar-refractivity contribution in [1.29, 1.82) is 0 Å². The molecule has 0 spiro atoms. The first-order chi connectivity index (χ1) is 9.88. The van der Waals surface area contributed by atoms with Crippen molar-refractivity contribution in [2.45, 2.75) is 39.0 Å². The summed E-state index contributed by atoms with van der Waals surface area (Å²) in [5.74, 6) is -0.580. The molecule has 0 aliphatic carbocycles. The van der Waals surface area contributed by atoms with Gasteiger partial charge in [-0.15, -0.1) is 0 Å². The van der Waals surface area contributed by atoms with E-state index in [1.54, 1.807) is 0 Å². The fraction of sp³-hybridized carbons (Fsp3) is 0.533. The molecule has 1 saturated heterocycles. The van der Waals surface area contributed by atoms with Crippen LogP contribution in [0, 0.1) is 5.82 Å². The molecule has 3 atom stereocenters. The second kappa shape index (κ2) is 6.41. The smallest absolute Gasteiger partial charge is 0.241 e. The van der Waals surface area contributed by atoms with Crippen LogP contribution in [0.25, 0.3) is 0 Å². The topological polar surface area (TPSA) is 67.6 Å². The Morgan fingerprint density at radius 3 is 2.90 bits per heavy atom. The maximum atomic E-state index is 13.0. The molecule has 0 aromatic heterocycles. The van der Waals surface area contributed by atoms with E-state index in [-0.39, 0.29) is 29.8 Å². The maximum Gasteiger partial charge on any atom is 0.241 e. The first-order valence-corrected chi connectivity index (χ1v) is 7.11. The Morgan fingerprint density at radius 1 is 1.52 bits per heavy atom. The Hall–Kier alpha value is -1.66. The summed E-state index contributed by atoms with van der Waals surface area (Å²) in [5, 5.41) is 2.76. The van der Waals surface area contributed by atoms with Crippen LogP contribution in [0.15, 0.2) is 18.2 Å². The Morgan fingerprint density at radius 2 is 2.24 bits per heavy atom. The minimum atomic E-state index is -0.422. The van der Waals surface area contributed by atoms with E-state index in [2.05, 4.69) is 10.2 Å². The summed E-state index contributed by atoms with van der Waals surface area (Å²) in [6.07, 6.45) is 0.104. The number of nitrogens with one attached hydrogen (secondary N) is 1. The predicted octanol–water partition coefficient (Wildman–Crippen LogP) is 1.84. The standard InChI is InChI=1S/C15H22FN3O2/c1-9-8-21-10(2)7-19(9)11(3)15(20)18-14-5-4-12(16)6-13(14)17/h4-6,9-11H,7-8,17H2,1-3H3,(H,18,20). The molecule has 1 aromatic rings. The molecule has 1 aliphatic rings. The van der Waals surface area contributed by atoms with Gasteiger partial charge in [-0.3, -0.25) is 9.69 Å². The Bertz CT molecular complexity index is 524. The maximum absolute atomic E-state index is 13.0. The van der Waals surface area contributed by atoms with Gasteiger partial charge in [0.2, 0.25) is 5.91 Å². The molecular weight excluding hydrogens is 273 g/mol. The number of carbonyl (C=O) groups is 1. The fourth-order valence-electron chi connectivity index (χ4n) is 2.50. The zero-order valence-corrected chi connectivity index (χ0v) is 12.6. The first-order valence-electron chi connectivity index (χ1n) is 7.11. The van der Waals surface area contributed by atoms with E-state index < -0.39 is 5.82 Å². The highest BCUT2D eigenvalue weighted by Crippen LogP contribution is 2.21. The van der Waals surface area contributed by atoms with Gasteiger partial charge in [0.15, 0.2) is 0 Å². The van der Waals surface area contributed by atoms with Crippen LogP contribution in [-0.4, -0.2) is 42.1 Å². The van der Waals surface area contributed by atoms with Gasteiger partial charge in [0, 0.05) is 12.6 Å². The number of morpholine rings is 1. The van der Waals surface area contributed by atoms with E-state index in [4.69, 9.17) is 10.5 Å². The molecule has 0 bridgehead atoms. The molecule has 3 unspecified atom stereocenters. The van der Waals surface area contributed by atoms with Crippen molar-refractivity contribution in [3.8, 4) is 0 Å². The molecule has 1 aromatic carbocycles. The molecular formula is C15H22FN3O2. The zero-order chi connectivity index (χ0) is 15.6. The molecule has 1 heterocycles. The van der Waals surface area contributed by atoms with Gasteiger partial charge in [0.25, 0.3) is 0 Å². The van der Waals surface area contributed by atoms with Crippen molar-refractivity contribution in [2.75, 3.05) is 24.2 Å². The van der Waals surface area contributed by atoms with Gasteiger partial charge in [0.1, 0.15) is 5.82 Å². The quantitative estimate of drug-likeness (QED) is 0.835. The van der Waals surface area contributed by atoms with Gasteiger partial charge in [0.05, 0.1) is 30.1 Å². The second-order valence-corrected chi connectivity index (χ2v) is 5.59. The summed E-state index contributed by atoms with van der Waals surface area (Å²) >= 11 is 0. The van der Waals surface area contributed by atoms with Crippen LogP contribution < -0.4 is 11.1 Å². The van der Waals surface area contributed by atoms with Crippen LogP contribution in [-0.2, 0) is 9.53 Å². The Labute approximate surface area is 124 Å². The van der Waals surface area contributed by atoms with Crippen LogP contribution in [0.5, 0.6) is 0 Å². The SMILES string of the molecule is CC1CN(C(C)C(=O)Nc2ccc(F)cc2N)C(C)CO1. The number of rotatable bonds is 3. The summed E-state index contributed by atoms with van der Waals surface area (Å²) in [6, 6.07) is 3.81. The van der Waals surface area contributed by atoms with Crippen molar-refractivity contribution in [3.63, 3.8) is 0 Å². The third kappa shape index (κ3) is 3.71. The summed E-state index contributed by atoms with van der Waals surface area (Å²) in [7, 11) is 0. The molecule has 1 amide bonds. The van der Waals surface area contributed by atoms with Gasteiger partial charge in [-0.1, -0.05) is 0 Å². The van der Waals surface area contributed by atoms with E-state index in [1.807, 2.05) is 20.8 Å². The van der Waals surface area contributed by atoms with Gasteiger partial charge >= 0.3 is 0 Å². The highest BCUT2D eigenvalue weighted by atomic mass is 19.1. The van der Waals surface area contributed by atoms with E-state index >= 15 is 0 Å². The average molecular weight is 295 g/mol. The third-order valence-corrected chi connectivity index (χ3v) is 3.80. The van der Waals surface area contributed by atoms with Crippen molar-refractivity contribution >= 4 is 17.3 Å². The number of nitrogens with two attached hydrogens (primary N) is 1. The second-order valence-electron chi connectivity index (χ2n) is 5.59. The van der Waals surface area contributed by atoms with Gasteiger partial charge in [-0.05, 0) is 39.0 Å². The summed E-state index contributed by atoms with van der Waals surface area (Å²) in [5.41, 5.74) is 6.36. The van der Waals surface area contributed by atoms with Crippen LogP contribution in [0.3, 0.4) is 0 Å². The lowest BCUT2D eigenvalue weighted by atomic mass is 10.1. The number of halogens is 1. The summed E-state index contributed by atoms with van der Waals surface area (Å²) in [4.78, 5) is 14.5. The van der Waals surface area contributed by atoms with Crippen LogP contribution in [0.2, 0.25) is 0 Å². The Balaban J connectivity index is 2.05. The number of hydrogen-bond acceptors (Lipinski definition) is 4. The van der Waals surface area contributed by atoms with E-state index in [1.165, 1.54) is 18.2 Å². The molecule has 2 rings (SSSR count). The number of anilines is 2. The lowest BCUT2D eigenvalue weighted by Crippen LogP contribution is -2.54. The van der Waals surface area contributed by atoms with E-state index in [0.29, 0.717) is 18.8 Å². The number of benzene rings is 1. The summed E-state index contributed by atoms with van der Waals surface area (Å²) < 4.78 is 18.6. The average Bonchev–Trinajstić information content (AvgIpc) is 2.43. The molecule has 5 nitrogen and oxygen atoms in total. The molecule has 0 saturated carbocycles. The largest absolute Gasteiger partial charge is 0.397 e. The number of nitrogens with zero attached hydrogens (tertiary/aromatic N) is 1. The monoisotopic (exact) mass is 295 g/mol. The van der Waals surface area contributed by atoms with Crippen molar-refractivity contribution in [2.24, 2.45) is 0 Å². The molecule has 1 aliphatic heterocycles. The van der Waals surface area contributed by atoms with Gasteiger partial charge in [-0.25, -0.2) is 4.39 Å². The zero-order valence-electron chi connectivity index (χ0n) is 12.6. The minimum Gasteiger partial charge on any atom is -0.397 e. The number of nitrogen functional groups attached to an aromatic ring is 1. The molecule has 0 radical (unpaired) electrons. The van der Waals surface area contributed by atoms with Gasteiger partial charge < -0.3 is 15.8 Å². The lowest BCUT2D eigenvalue weighted by molar-refractivity contribution is -0.126. The van der Waals surface area contributed by atoms with Crippen LogP contribution >= 0.6 is 0 Å². The number of hydrogen-bond donors (Lipinski definition) is 2. The van der Waals surface area contributed by atoms with Crippen molar-refractivity contribution in [1.82, 2.24) is 4.90 Å². The first kappa shape index (κ1) is 15.7. The predicted molar refractivity (Wildman–Crippen MR) is 80.5 cm³/mol. The van der Waals surface area contributed by atoms with E-state index in [0.717, 1.165) is 0 Å². The molecule has 3 N–H and O–H groups in total. The van der Waals surface area contributed by atoms with Crippen molar-refractivity contribution in [3.05, 3.63) is 24.0 Å². The van der Waals surface area contributed by atoms with Crippen LogP contribution in [0.4, 0.5) is 15.8 Å². The lowest BCUT2D eigenvalue weighted by Gasteiger charge is -2.39. The third-order valence-electron chi connectivity index (χ3n) is 3.80. The fourth-order valence-corrected chi connectivity index (χ4v) is 2.50. The normalized spacial score (nSPS) is 24.6. The van der Waals surface area contributed by atoms with Crippen LogP contribution in [0.1, 0.15) is 20.8 Å². The minimum absolute atomic E-state index is 0.104.